The van der Waals surface area contributed by atoms with E-state index in [4.69, 9.17) is 14.8 Å². The molecule has 0 atom stereocenters. The Kier molecular flexibility index (Phi) is 6.37. The van der Waals surface area contributed by atoms with Crippen molar-refractivity contribution in [3.8, 4) is 33.4 Å². The van der Waals surface area contributed by atoms with Gasteiger partial charge < -0.3 is 4.74 Å². The SMILES string of the molecule is COc1ccc(/C=C/C(=O)c2sc(-n3nc(-c4ccccc4)cc3-c3ccccc3)nc2C)cc1. The summed E-state index contributed by atoms with van der Waals surface area (Å²) in [4.78, 5) is 18.3. The number of allylic oxidation sites excluding steroid dienone is 1. The first-order valence-electron chi connectivity index (χ1n) is 11.2. The van der Waals surface area contributed by atoms with E-state index in [-0.39, 0.29) is 5.78 Å². The number of nitrogens with zero attached hydrogens (tertiary/aromatic N) is 3. The van der Waals surface area contributed by atoms with Gasteiger partial charge in [-0.1, -0.05) is 90.2 Å². The zero-order valence-electron chi connectivity index (χ0n) is 19.4. The largest absolute Gasteiger partial charge is 0.497 e. The molecule has 0 N–H and O–H groups in total. The van der Waals surface area contributed by atoms with Gasteiger partial charge in [-0.25, -0.2) is 9.67 Å². The van der Waals surface area contributed by atoms with Crippen LogP contribution in [0.4, 0.5) is 0 Å². The van der Waals surface area contributed by atoms with E-state index in [0.29, 0.717) is 15.7 Å². The van der Waals surface area contributed by atoms with Crippen molar-refractivity contribution in [2.45, 2.75) is 6.92 Å². The summed E-state index contributed by atoms with van der Waals surface area (Å²) in [6.45, 7) is 1.86. The van der Waals surface area contributed by atoms with Crippen LogP contribution < -0.4 is 4.74 Å². The van der Waals surface area contributed by atoms with Crippen LogP contribution in [0.1, 0.15) is 20.9 Å². The summed E-state index contributed by atoms with van der Waals surface area (Å²) in [6.07, 6.45) is 3.39. The second kappa shape index (κ2) is 9.91. The number of methoxy groups -OCH3 is 1. The molecule has 0 aliphatic heterocycles. The van der Waals surface area contributed by atoms with E-state index in [0.717, 1.165) is 33.8 Å². The molecule has 0 amide bonds. The van der Waals surface area contributed by atoms with Gasteiger partial charge in [0.1, 0.15) is 5.75 Å². The van der Waals surface area contributed by atoms with E-state index >= 15 is 0 Å². The lowest BCUT2D eigenvalue weighted by atomic mass is 10.1. The monoisotopic (exact) mass is 477 g/mol. The standard InChI is InChI=1S/C29H23N3O2S/c1-20-28(27(33)18-15-21-13-16-24(34-2)17-14-21)35-29(30-20)32-26(23-11-7-4-8-12-23)19-25(31-32)22-9-5-3-6-10-22/h3-19H,1-2H3/b18-15+. The molecule has 0 radical (unpaired) electrons. The number of ketones is 1. The van der Waals surface area contributed by atoms with Crippen molar-refractivity contribution in [3.05, 3.63) is 113 Å². The molecule has 5 rings (SSSR count). The zero-order valence-corrected chi connectivity index (χ0v) is 20.2. The van der Waals surface area contributed by atoms with Crippen LogP contribution in [-0.2, 0) is 0 Å². The summed E-state index contributed by atoms with van der Waals surface area (Å²) in [5.41, 5.74) is 5.44. The Morgan fingerprint density at radius 3 is 2.23 bits per heavy atom. The molecule has 3 aromatic carbocycles. The molecule has 35 heavy (non-hydrogen) atoms. The van der Waals surface area contributed by atoms with Gasteiger partial charge in [-0.15, -0.1) is 0 Å². The van der Waals surface area contributed by atoms with E-state index in [2.05, 4.69) is 6.07 Å². The molecule has 0 saturated carbocycles. The molecule has 2 aromatic heterocycles. The summed E-state index contributed by atoms with van der Waals surface area (Å²) in [5.74, 6) is 0.693. The van der Waals surface area contributed by atoms with Crippen LogP contribution >= 0.6 is 11.3 Å². The average Bonchev–Trinajstić information content (AvgIpc) is 3.53. The molecule has 5 aromatic rings. The minimum absolute atomic E-state index is 0.0845. The van der Waals surface area contributed by atoms with Gasteiger partial charge in [0.25, 0.3) is 0 Å². The first kappa shape index (κ1) is 22.5. The number of ether oxygens (including phenoxy) is 1. The normalized spacial score (nSPS) is 11.1. The highest BCUT2D eigenvalue weighted by Crippen LogP contribution is 2.31. The molecule has 0 saturated heterocycles. The van der Waals surface area contributed by atoms with Gasteiger partial charge in [-0.05, 0) is 36.8 Å². The van der Waals surface area contributed by atoms with Crippen LogP contribution in [-0.4, -0.2) is 27.7 Å². The highest BCUT2D eigenvalue weighted by atomic mass is 32.1. The molecule has 0 aliphatic carbocycles. The molecule has 0 unspecified atom stereocenters. The van der Waals surface area contributed by atoms with Gasteiger partial charge in [0.2, 0.25) is 5.13 Å². The maximum Gasteiger partial charge on any atom is 0.211 e. The van der Waals surface area contributed by atoms with Gasteiger partial charge in [0.05, 0.1) is 29.1 Å². The van der Waals surface area contributed by atoms with Crippen molar-refractivity contribution >= 4 is 23.2 Å². The summed E-state index contributed by atoms with van der Waals surface area (Å²) < 4.78 is 7.02. The lowest BCUT2D eigenvalue weighted by Gasteiger charge is -2.03. The maximum atomic E-state index is 13.0. The molecular formula is C29H23N3O2S. The first-order chi connectivity index (χ1) is 17.1. The molecule has 0 aliphatic rings. The molecule has 6 heteroatoms. The van der Waals surface area contributed by atoms with Crippen LogP contribution in [0.3, 0.4) is 0 Å². The molecule has 0 spiro atoms. The van der Waals surface area contributed by atoms with E-state index < -0.39 is 0 Å². The fourth-order valence-corrected chi connectivity index (χ4v) is 4.71. The number of aromatic nitrogens is 3. The molecule has 5 nitrogen and oxygen atoms in total. The van der Waals surface area contributed by atoms with Crippen molar-refractivity contribution in [1.29, 1.82) is 0 Å². The zero-order chi connectivity index (χ0) is 24.2. The van der Waals surface area contributed by atoms with Gasteiger partial charge in [0.15, 0.2) is 5.78 Å². The van der Waals surface area contributed by atoms with Crippen molar-refractivity contribution in [2.75, 3.05) is 7.11 Å². The van der Waals surface area contributed by atoms with Crippen molar-refractivity contribution < 1.29 is 9.53 Å². The Balaban J connectivity index is 1.50. The number of carbonyl (C=O) groups is 1. The Bertz CT molecular complexity index is 1480. The molecule has 0 bridgehead atoms. The highest BCUT2D eigenvalue weighted by molar-refractivity contribution is 7.16. The van der Waals surface area contributed by atoms with E-state index in [9.17, 15) is 4.79 Å². The van der Waals surface area contributed by atoms with Gasteiger partial charge >= 0.3 is 0 Å². The molecule has 0 fully saturated rings. The Hall–Kier alpha value is -4.29. The van der Waals surface area contributed by atoms with Crippen molar-refractivity contribution in [1.82, 2.24) is 14.8 Å². The van der Waals surface area contributed by atoms with E-state index in [1.165, 1.54) is 11.3 Å². The topological polar surface area (TPSA) is 57.0 Å². The number of hydrogen-bond donors (Lipinski definition) is 0. The Labute approximate surface area is 208 Å². The van der Waals surface area contributed by atoms with Crippen molar-refractivity contribution in [2.24, 2.45) is 0 Å². The van der Waals surface area contributed by atoms with Crippen LogP contribution in [0, 0.1) is 6.92 Å². The van der Waals surface area contributed by atoms with Crippen molar-refractivity contribution in [3.63, 3.8) is 0 Å². The third-order valence-electron chi connectivity index (χ3n) is 5.58. The van der Waals surface area contributed by atoms with E-state index in [1.807, 2.05) is 96.5 Å². The fraction of sp³-hybridized carbons (Fsp3) is 0.0690. The quantitative estimate of drug-likeness (QED) is 0.189. The van der Waals surface area contributed by atoms with Crippen LogP contribution in [0.2, 0.25) is 0 Å². The number of rotatable bonds is 7. The summed E-state index contributed by atoms with van der Waals surface area (Å²) in [7, 11) is 1.63. The number of carbonyl (C=O) groups excluding carboxylic acids is 1. The predicted molar refractivity (Wildman–Crippen MR) is 141 cm³/mol. The van der Waals surface area contributed by atoms with Crippen LogP contribution in [0.5, 0.6) is 5.75 Å². The first-order valence-corrected chi connectivity index (χ1v) is 12.0. The lowest BCUT2D eigenvalue weighted by Crippen LogP contribution is -1.98. The minimum Gasteiger partial charge on any atom is -0.497 e. The lowest BCUT2D eigenvalue weighted by molar-refractivity contribution is 0.105. The number of benzene rings is 3. The van der Waals surface area contributed by atoms with Crippen LogP contribution in [0.25, 0.3) is 33.7 Å². The Morgan fingerprint density at radius 2 is 1.57 bits per heavy atom. The highest BCUT2D eigenvalue weighted by Gasteiger charge is 2.19. The predicted octanol–water partition coefficient (Wildman–Crippen LogP) is 6.88. The molecular weight excluding hydrogens is 454 g/mol. The van der Waals surface area contributed by atoms with Gasteiger partial charge in [0, 0.05) is 11.1 Å². The maximum absolute atomic E-state index is 13.0. The smallest absolute Gasteiger partial charge is 0.211 e. The van der Waals surface area contributed by atoms with Gasteiger partial charge in [-0.3, -0.25) is 4.79 Å². The Morgan fingerprint density at radius 1 is 0.914 bits per heavy atom. The van der Waals surface area contributed by atoms with Crippen LogP contribution in [0.15, 0.2) is 97.1 Å². The fourth-order valence-electron chi connectivity index (χ4n) is 3.76. The average molecular weight is 478 g/mol. The van der Waals surface area contributed by atoms with E-state index in [1.54, 1.807) is 19.3 Å². The number of thiazole rings is 1. The minimum atomic E-state index is -0.0845. The third-order valence-corrected chi connectivity index (χ3v) is 6.73. The number of hydrogen-bond acceptors (Lipinski definition) is 5. The summed E-state index contributed by atoms with van der Waals surface area (Å²) in [5, 5.41) is 5.53. The second-order valence-corrected chi connectivity index (χ2v) is 8.92. The third kappa shape index (κ3) is 4.83. The molecule has 172 valence electrons. The number of aryl methyl sites for hydroxylation is 1. The van der Waals surface area contributed by atoms with Gasteiger partial charge in [-0.2, -0.15) is 5.10 Å². The summed E-state index contributed by atoms with van der Waals surface area (Å²) >= 11 is 1.35. The molecule has 2 heterocycles. The summed E-state index contributed by atoms with van der Waals surface area (Å²) in [6, 6.07) is 29.8. The second-order valence-electron chi connectivity index (χ2n) is 7.94.